The molecule has 1 amide bonds. The molecule has 0 bridgehead atoms. The largest absolute Gasteiger partial charge is 0.383 e. The second-order valence-corrected chi connectivity index (χ2v) is 5.59. The van der Waals surface area contributed by atoms with Gasteiger partial charge in [0.25, 0.3) is 5.91 Å². The second kappa shape index (κ2) is 7.00. The van der Waals surface area contributed by atoms with Crippen molar-refractivity contribution in [3.05, 3.63) is 35.1 Å². The van der Waals surface area contributed by atoms with Gasteiger partial charge in [-0.05, 0) is 31.5 Å². The molecule has 1 aromatic rings. The van der Waals surface area contributed by atoms with Gasteiger partial charge >= 0.3 is 0 Å². The van der Waals surface area contributed by atoms with Crippen LogP contribution in [0, 0.1) is 12.7 Å². The number of piperazine rings is 1. The van der Waals surface area contributed by atoms with Crippen molar-refractivity contribution >= 4 is 5.91 Å². The number of hydrogen-bond acceptors (Lipinski definition) is 3. The predicted molar refractivity (Wildman–Crippen MR) is 80.0 cm³/mol. The smallest absolute Gasteiger partial charge is 0.254 e. The average molecular weight is 294 g/mol. The van der Waals surface area contributed by atoms with Crippen LogP contribution in [0.3, 0.4) is 0 Å². The molecule has 1 aliphatic rings. The SMILES string of the molecule is COCC(C)N1CCN(C(=O)c2cc(F)ccc2C)CC1. The van der Waals surface area contributed by atoms with Crippen molar-refractivity contribution in [2.45, 2.75) is 19.9 Å². The van der Waals surface area contributed by atoms with Crippen molar-refractivity contribution in [3.8, 4) is 0 Å². The highest BCUT2D eigenvalue weighted by atomic mass is 19.1. The number of aryl methyl sites for hydroxylation is 1. The zero-order chi connectivity index (χ0) is 15.4. The first kappa shape index (κ1) is 15.9. The maximum absolute atomic E-state index is 13.3. The van der Waals surface area contributed by atoms with Crippen LogP contribution < -0.4 is 0 Å². The van der Waals surface area contributed by atoms with Crippen LogP contribution in [0.15, 0.2) is 18.2 Å². The molecular formula is C16H23FN2O2. The molecule has 1 aromatic carbocycles. The predicted octanol–water partition coefficient (Wildman–Crippen LogP) is 1.93. The number of hydrogen-bond donors (Lipinski definition) is 0. The van der Waals surface area contributed by atoms with E-state index in [9.17, 15) is 9.18 Å². The fourth-order valence-corrected chi connectivity index (χ4v) is 2.71. The molecule has 1 fully saturated rings. The van der Waals surface area contributed by atoms with E-state index >= 15 is 0 Å². The Labute approximate surface area is 125 Å². The van der Waals surface area contributed by atoms with Gasteiger partial charge in [-0.1, -0.05) is 6.07 Å². The van der Waals surface area contributed by atoms with Crippen molar-refractivity contribution in [2.75, 3.05) is 39.9 Å². The van der Waals surface area contributed by atoms with Crippen LogP contribution >= 0.6 is 0 Å². The lowest BCUT2D eigenvalue weighted by molar-refractivity contribution is 0.0448. The van der Waals surface area contributed by atoms with Crippen LogP contribution in [-0.4, -0.2) is 61.6 Å². The maximum atomic E-state index is 13.3. The van der Waals surface area contributed by atoms with Gasteiger partial charge in [0.1, 0.15) is 5.82 Å². The zero-order valence-corrected chi connectivity index (χ0v) is 12.9. The number of nitrogens with zero attached hydrogens (tertiary/aromatic N) is 2. The van der Waals surface area contributed by atoms with Crippen molar-refractivity contribution in [2.24, 2.45) is 0 Å². The van der Waals surface area contributed by atoms with E-state index in [-0.39, 0.29) is 11.7 Å². The number of carbonyl (C=O) groups is 1. The Morgan fingerprint density at radius 1 is 1.33 bits per heavy atom. The van der Waals surface area contributed by atoms with E-state index in [1.165, 1.54) is 12.1 Å². The van der Waals surface area contributed by atoms with Gasteiger partial charge in [-0.2, -0.15) is 0 Å². The molecule has 1 saturated heterocycles. The number of benzene rings is 1. The molecule has 1 aliphatic heterocycles. The van der Waals surface area contributed by atoms with Crippen molar-refractivity contribution in [3.63, 3.8) is 0 Å². The summed E-state index contributed by atoms with van der Waals surface area (Å²) in [5, 5.41) is 0. The van der Waals surface area contributed by atoms with Crippen LogP contribution in [0.4, 0.5) is 4.39 Å². The molecule has 5 heteroatoms. The minimum atomic E-state index is -0.365. The quantitative estimate of drug-likeness (QED) is 0.850. The minimum absolute atomic E-state index is 0.0777. The van der Waals surface area contributed by atoms with E-state index in [4.69, 9.17) is 4.74 Å². The summed E-state index contributed by atoms with van der Waals surface area (Å²) in [6, 6.07) is 4.72. The molecule has 0 saturated carbocycles. The Morgan fingerprint density at radius 2 is 2.00 bits per heavy atom. The van der Waals surface area contributed by atoms with Gasteiger partial charge in [0.05, 0.1) is 6.61 Å². The lowest BCUT2D eigenvalue weighted by Gasteiger charge is -2.38. The summed E-state index contributed by atoms with van der Waals surface area (Å²) in [5.41, 5.74) is 1.28. The van der Waals surface area contributed by atoms with Gasteiger partial charge in [-0.3, -0.25) is 9.69 Å². The normalized spacial score (nSPS) is 17.8. The van der Waals surface area contributed by atoms with E-state index in [0.717, 1.165) is 18.7 Å². The van der Waals surface area contributed by atoms with Crippen LogP contribution in [0.25, 0.3) is 0 Å². The van der Waals surface area contributed by atoms with Gasteiger partial charge < -0.3 is 9.64 Å². The molecule has 1 heterocycles. The minimum Gasteiger partial charge on any atom is -0.383 e. The standard InChI is InChI=1S/C16H23FN2O2/c1-12-4-5-14(17)10-15(12)16(20)19-8-6-18(7-9-19)13(2)11-21-3/h4-5,10,13H,6-9,11H2,1-3H3. The lowest BCUT2D eigenvalue weighted by Crippen LogP contribution is -2.52. The molecule has 0 aromatic heterocycles. The van der Waals surface area contributed by atoms with Crippen molar-refractivity contribution < 1.29 is 13.9 Å². The molecule has 0 N–H and O–H groups in total. The number of rotatable bonds is 4. The molecule has 21 heavy (non-hydrogen) atoms. The summed E-state index contributed by atoms with van der Waals surface area (Å²) in [5.74, 6) is -0.442. The number of methoxy groups -OCH3 is 1. The number of amides is 1. The third-order valence-corrected chi connectivity index (χ3v) is 4.06. The average Bonchev–Trinajstić information content (AvgIpc) is 2.49. The Morgan fingerprint density at radius 3 is 2.62 bits per heavy atom. The van der Waals surface area contributed by atoms with E-state index < -0.39 is 0 Å². The summed E-state index contributed by atoms with van der Waals surface area (Å²) in [4.78, 5) is 16.6. The van der Waals surface area contributed by atoms with Crippen LogP contribution in [0.1, 0.15) is 22.8 Å². The fraction of sp³-hybridized carbons (Fsp3) is 0.562. The number of carbonyl (C=O) groups excluding carboxylic acids is 1. The summed E-state index contributed by atoms with van der Waals surface area (Å²) >= 11 is 0. The molecular weight excluding hydrogens is 271 g/mol. The summed E-state index contributed by atoms with van der Waals surface area (Å²) in [6.07, 6.45) is 0. The van der Waals surface area contributed by atoms with E-state index in [1.807, 2.05) is 6.92 Å². The van der Waals surface area contributed by atoms with Crippen LogP contribution in [0.5, 0.6) is 0 Å². The molecule has 1 atom stereocenters. The van der Waals surface area contributed by atoms with E-state index in [1.54, 1.807) is 18.1 Å². The van der Waals surface area contributed by atoms with Crippen molar-refractivity contribution in [1.29, 1.82) is 0 Å². The molecule has 0 radical (unpaired) electrons. The van der Waals surface area contributed by atoms with E-state index in [2.05, 4.69) is 11.8 Å². The summed E-state index contributed by atoms with van der Waals surface area (Å²) in [7, 11) is 1.70. The zero-order valence-electron chi connectivity index (χ0n) is 12.9. The Bertz CT molecular complexity index is 499. The Hall–Kier alpha value is -1.46. The van der Waals surface area contributed by atoms with Gasteiger partial charge in [-0.15, -0.1) is 0 Å². The monoisotopic (exact) mass is 294 g/mol. The molecule has 0 spiro atoms. The molecule has 1 unspecified atom stereocenters. The highest BCUT2D eigenvalue weighted by molar-refractivity contribution is 5.95. The number of halogens is 1. The summed E-state index contributed by atoms with van der Waals surface area (Å²) < 4.78 is 18.5. The second-order valence-electron chi connectivity index (χ2n) is 5.59. The van der Waals surface area contributed by atoms with Crippen LogP contribution in [0.2, 0.25) is 0 Å². The van der Waals surface area contributed by atoms with Gasteiger partial charge in [0.15, 0.2) is 0 Å². The molecule has 0 aliphatic carbocycles. The van der Waals surface area contributed by atoms with Gasteiger partial charge in [0.2, 0.25) is 0 Å². The van der Waals surface area contributed by atoms with Gasteiger partial charge in [-0.25, -0.2) is 4.39 Å². The van der Waals surface area contributed by atoms with Crippen molar-refractivity contribution in [1.82, 2.24) is 9.80 Å². The topological polar surface area (TPSA) is 32.8 Å². The third kappa shape index (κ3) is 3.80. The first-order chi connectivity index (χ1) is 10.0. The molecule has 2 rings (SSSR count). The Balaban J connectivity index is 1.98. The third-order valence-electron chi connectivity index (χ3n) is 4.06. The van der Waals surface area contributed by atoms with Gasteiger partial charge in [0, 0.05) is 44.9 Å². The maximum Gasteiger partial charge on any atom is 0.254 e. The first-order valence-corrected chi connectivity index (χ1v) is 7.31. The lowest BCUT2D eigenvalue weighted by atomic mass is 10.1. The van der Waals surface area contributed by atoms with E-state index in [0.29, 0.717) is 31.3 Å². The highest BCUT2D eigenvalue weighted by Gasteiger charge is 2.25. The summed E-state index contributed by atoms with van der Waals surface area (Å²) in [6.45, 7) is 7.64. The fourth-order valence-electron chi connectivity index (χ4n) is 2.71. The van der Waals surface area contributed by atoms with Crippen LogP contribution in [-0.2, 0) is 4.74 Å². The highest BCUT2D eigenvalue weighted by Crippen LogP contribution is 2.15. The number of ether oxygens (including phenoxy) is 1. The Kier molecular flexibility index (Phi) is 5.31. The molecule has 4 nitrogen and oxygen atoms in total. The molecule has 116 valence electrons. The first-order valence-electron chi connectivity index (χ1n) is 7.31.